The van der Waals surface area contributed by atoms with Gasteiger partial charge in [0, 0.05) is 11.2 Å². The third-order valence-electron chi connectivity index (χ3n) is 3.98. The van der Waals surface area contributed by atoms with Crippen LogP contribution in [0.2, 0.25) is 10.0 Å². The Bertz CT molecular complexity index is 955. The molecule has 0 aliphatic rings. The molecule has 0 aliphatic heterocycles. The number of nitrogens with zero attached hydrogens (tertiary/aromatic N) is 1. The normalized spacial score (nSPS) is 10.9. The quantitative estimate of drug-likeness (QED) is 0.422. The fraction of sp³-hybridized carbons (Fsp3) is 0.136. The van der Waals surface area contributed by atoms with Crippen molar-refractivity contribution in [2.45, 2.75) is 6.61 Å². The Balaban J connectivity index is 1.76. The second-order valence-corrected chi connectivity index (χ2v) is 6.75. The van der Waals surface area contributed by atoms with Crippen LogP contribution >= 0.6 is 23.2 Å². The van der Waals surface area contributed by atoms with E-state index in [0.29, 0.717) is 28.2 Å². The Kier molecular flexibility index (Phi) is 6.80. The molecule has 0 bridgehead atoms. The molecule has 0 heterocycles. The van der Waals surface area contributed by atoms with Crippen LogP contribution in [-0.2, 0) is 6.61 Å². The van der Waals surface area contributed by atoms with E-state index in [2.05, 4.69) is 4.99 Å². The molecule has 0 saturated carbocycles. The van der Waals surface area contributed by atoms with Crippen molar-refractivity contribution in [3.63, 3.8) is 0 Å². The van der Waals surface area contributed by atoms with Gasteiger partial charge in [-0.1, -0.05) is 35.3 Å². The van der Waals surface area contributed by atoms with E-state index in [-0.39, 0.29) is 0 Å². The van der Waals surface area contributed by atoms with Gasteiger partial charge in [-0.25, -0.2) is 0 Å². The number of ether oxygens (including phenoxy) is 3. The van der Waals surface area contributed by atoms with Crippen LogP contribution in [0.1, 0.15) is 11.1 Å². The number of benzene rings is 3. The minimum Gasteiger partial charge on any atom is -0.497 e. The molecule has 0 unspecified atom stereocenters. The highest BCUT2D eigenvalue weighted by molar-refractivity contribution is 6.32. The summed E-state index contributed by atoms with van der Waals surface area (Å²) in [6, 6.07) is 18.5. The van der Waals surface area contributed by atoms with Gasteiger partial charge < -0.3 is 14.2 Å². The fourth-order valence-electron chi connectivity index (χ4n) is 2.51. The number of halogens is 2. The Hall–Kier alpha value is -2.69. The standard InChI is InChI=1S/C22H19Cl2NO3/c1-26-19-9-7-18(8-10-19)25-13-16-11-20(24)22(21(12-16)27-2)28-14-15-3-5-17(23)6-4-15/h3-13H,14H2,1-2H3. The zero-order valence-electron chi connectivity index (χ0n) is 15.5. The number of hydrogen-bond donors (Lipinski definition) is 0. The minimum atomic E-state index is 0.354. The van der Waals surface area contributed by atoms with Crippen molar-refractivity contribution < 1.29 is 14.2 Å². The summed E-state index contributed by atoms with van der Waals surface area (Å²) in [6.45, 7) is 0.354. The van der Waals surface area contributed by atoms with Crippen molar-refractivity contribution in [2.75, 3.05) is 14.2 Å². The van der Waals surface area contributed by atoms with Gasteiger partial charge in [-0.2, -0.15) is 0 Å². The van der Waals surface area contributed by atoms with Crippen LogP contribution in [0.15, 0.2) is 65.7 Å². The van der Waals surface area contributed by atoms with E-state index in [4.69, 9.17) is 37.4 Å². The molecular formula is C22H19Cl2NO3. The molecule has 3 aromatic rings. The lowest BCUT2D eigenvalue weighted by atomic mass is 10.2. The van der Waals surface area contributed by atoms with Crippen LogP contribution in [0.3, 0.4) is 0 Å². The van der Waals surface area contributed by atoms with Gasteiger partial charge in [0.1, 0.15) is 12.4 Å². The molecule has 3 aromatic carbocycles. The van der Waals surface area contributed by atoms with Crippen molar-refractivity contribution in [3.8, 4) is 17.2 Å². The molecule has 0 aromatic heterocycles. The summed E-state index contributed by atoms with van der Waals surface area (Å²) in [6.07, 6.45) is 1.72. The van der Waals surface area contributed by atoms with Gasteiger partial charge in [-0.15, -0.1) is 0 Å². The molecule has 4 nitrogen and oxygen atoms in total. The fourth-order valence-corrected chi connectivity index (χ4v) is 2.91. The molecular weight excluding hydrogens is 397 g/mol. The van der Waals surface area contributed by atoms with Gasteiger partial charge in [-0.05, 0) is 59.7 Å². The summed E-state index contributed by atoms with van der Waals surface area (Å²) in [4.78, 5) is 4.45. The van der Waals surface area contributed by atoms with E-state index < -0.39 is 0 Å². The number of aliphatic imine (C=N–C) groups is 1. The Morgan fingerprint density at radius 2 is 1.61 bits per heavy atom. The monoisotopic (exact) mass is 415 g/mol. The van der Waals surface area contributed by atoms with E-state index >= 15 is 0 Å². The molecule has 144 valence electrons. The van der Waals surface area contributed by atoms with Crippen LogP contribution < -0.4 is 14.2 Å². The summed E-state index contributed by atoms with van der Waals surface area (Å²) in [5.41, 5.74) is 2.59. The average molecular weight is 416 g/mol. The topological polar surface area (TPSA) is 40.0 Å². The van der Waals surface area contributed by atoms with Crippen LogP contribution in [0, 0.1) is 0 Å². The minimum absolute atomic E-state index is 0.354. The maximum Gasteiger partial charge on any atom is 0.180 e. The van der Waals surface area contributed by atoms with Gasteiger partial charge >= 0.3 is 0 Å². The predicted octanol–water partition coefficient (Wildman–Crippen LogP) is 6.34. The SMILES string of the molecule is COc1ccc(N=Cc2cc(Cl)c(OCc3ccc(Cl)cc3)c(OC)c2)cc1. The zero-order valence-corrected chi connectivity index (χ0v) is 17.0. The molecule has 0 spiro atoms. The molecule has 0 N–H and O–H groups in total. The van der Waals surface area contributed by atoms with Gasteiger partial charge in [0.15, 0.2) is 11.5 Å². The Labute approximate surface area is 174 Å². The van der Waals surface area contributed by atoms with Crippen molar-refractivity contribution in [1.82, 2.24) is 0 Å². The van der Waals surface area contributed by atoms with Gasteiger partial charge in [-0.3, -0.25) is 4.99 Å². The first-order valence-electron chi connectivity index (χ1n) is 8.52. The van der Waals surface area contributed by atoms with Crippen molar-refractivity contribution >= 4 is 35.1 Å². The molecule has 0 saturated heterocycles. The maximum atomic E-state index is 6.42. The largest absolute Gasteiger partial charge is 0.497 e. The highest BCUT2D eigenvalue weighted by Crippen LogP contribution is 2.36. The van der Waals surface area contributed by atoms with Crippen molar-refractivity contribution in [2.24, 2.45) is 4.99 Å². The molecule has 0 amide bonds. The molecule has 0 fully saturated rings. The van der Waals surface area contributed by atoms with E-state index in [0.717, 1.165) is 22.6 Å². The molecule has 0 radical (unpaired) electrons. The van der Waals surface area contributed by atoms with Crippen LogP contribution in [-0.4, -0.2) is 20.4 Å². The summed E-state index contributed by atoms with van der Waals surface area (Å²) < 4.78 is 16.5. The van der Waals surface area contributed by atoms with E-state index in [1.807, 2.05) is 54.6 Å². The number of hydrogen-bond acceptors (Lipinski definition) is 4. The Morgan fingerprint density at radius 1 is 0.893 bits per heavy atom. The third-order valence-corrected chi connectivity index (χ3v) is 4.52. The van der Waals surface area contributed by atoms with Crippen LogP contribution in [0.4, 0.5) is 5.69 Å². The van der Waals surface area contributed by atoms with Crippen molar-refractivity contribution in [3.05, 3.63) is 81.8 Å². The molecule has 0 atom stereocenters. The first-order chi connectivity index (χ1) is 13.6. The summed E-state index contributed by atoms with van der Waals surface area (Å²) in [5, 5.41) is 1.13. The lowest BCUT2D eigenvalue weighted by Crippen LogP contribution is -1.99. The van der Waals surface area contributed by atoms with Crippen LogP contribution in [0.5, 0.6) is 17.2 Å². The van der Waals surface area contributed by atoms with Crippen molar-refractivity contribution in [1.29, 1.82) is 0 Å². The highest BCUT2D eigenvalue weighted by atomic mass is 35.5. The first-order valence-corrected chi connectivity index (χ1v) is 9.27. The third kappa shape index (κ3) is 5.18. The lowest BCUT2D eigenvalue weighted by Gasteiger charge is -2.13. The molecule has 6 heteroatoms. The summed E-state index contributed by atoms with van der Waals surface area (Å²) in [7, 11) is 3.20. The van der Waals surface area contributed by atoms with Gasteiger partial charge in [0.2, 0.25) is 0 Å². The van der Waals surface area contributed by atoms with E-state index in [1.165, 1.54) is 0 Å². The second-order valence-electron chi connectivity index (χ2n) is 5.91. The average Bonchev–Trinajstić information content (AvgIpc) is 2.72. The Morgan fingerprint density at radius 3 is 2.25 bits per heavy atom. The van der Waals surface area contributed by atoms with Gasteiger partial charge in [0.25, 0.3) is 0 Å². The first kappa shape index (κ1) is 20.1. The number of rotatable bonds is 7. The van der Waals surface area contributed by atoms with E-state index in [9.17, 15) is 0 Å². The van der Waals surface area contributed by atoms with E-state index in [1.54, 1.807) is 26.5 Å². The summed E-state index contributed by atoms with van der Waals surface area (Å²) in [5.74, 6) is 1.81. The van der Waals surface area contributed by atoms with Gasteiger partial charge in [0.05, 0.1) is 24.9 Å². The molecule has 3 rings (SSSR count). The smallest absolute Gasteiger partial charge is 0.180 e. The zero-order chi connectivity index (χ0) is 19.9. The second kappa shape index (κ2) is 9.49. The predicted molar refractivity (Wildman–Crippen MR) is 114 cm³/mol. The van der Waals surface area contributed by atoms with Crippen LogP contribution in [0.25, 0.3) is 0 Å². The highest BCUT2D eigenvalue weighted by Gasteiger charge is 2.12. The molecule has 0 aliphatic carbocycles. The lowest BCUT2D eigenvalue weighted by molar-refractivity contribution is 0.284. The maximum absolute atomic E-state index is 6.42. The molecule has 28 heavy (non-hydrogen) atoms. The summed E-state index contributed by atoms with van der Waals surface area (Å²) >= 11 is 12.3. The number of methoxy groups -OCH3 is 2.